The number of carbonyl (C=O) groups excluding carboxylic acids is 2. The molecule has 0 radical (unpaired) electrons. The number of halogens is 3. The molecule has 2 atom stereocenters. The van der Waals surface area contributed by atoms with Crippen molar-refractivity contribution in [3.63, 3.8) is 0 Å². The minimum Gasteiger partial charge on any atom is -0.493 e. The van der Waals surface area contributed by atoms with Gasteiger partial charge in [0.15, 0.2) is 23.1 Å². The van der Waals surface area contributed by atoms with Gasteiger partial charge >= 0.3 is 6.09 Å². The third-order valence-electron chi connectivity index (χ3n) is 5.49. The molecule has 0 fully saturated rings. The zero-order valence-electron chi connectivity index (χ0n) is 18.7. The lowest BCUT2D eigenvalue weighted by Gasteiger charge is -2.38. The van der Waals surface area contributed by atoms with E-state index in [9.17, 15) is 22.9 Å². The maximum Gasteiger partial charge on any atom is 0.414 e. The minimum absolute atomic E-state index is 0.0371. The molecule has 0 saturated carbocycles. The van der Waals surface area contributed by atoms with Crippen molar-refractivity contribution >= 4 is 17.7 Å². The highest BCUT2D eigenvalue weighted by Crippen LogP contribution is 2.45. The number of hydrogen-bond acceptors (Lipinski definition) is 5. The number of ether oxygens (including phenoxy) is 3. The van der Waals surface area contributed by atoms with Crippen molar-refractivity contribution in [2.75, 3.05) is 25.7 Å². The van der Waals surface area contributed by atoms with Gasteiger partial charge in [-0.1, -0.05) is 10.5 Å². The first-order valence-corrected chi connectivity index (χ1v) is 10.3. The molecular formula is C23H25F3N2O5. The summed E-state index contributed by atoms with van der Waals surface area (Å²) in [5, 5.41) is -0.0371. The van der Waals surface area contributed by atoms with Crippen LogP contribution in [0.3, 0.4) is 0 Å². The van der Waals surface area contributed by atoms with Crippen molar-refractivity contribution in [1.29, 1.82) is 0 Å². The third-order valence-corrected chi connectivity index (χ3v) is 5.49. The quantitative estimate of drug-likeness (QED) is 0.576. The van der Waals surface area contributed by atoms with Crippen LogP contribution < -0.4 is 14.4 Å². The van der Waals surface area contributed by atoms with Crippen molar-refractivity contribution in [3.8, 4) is 11.5 Å². The molecule has 0 N–H and O–H groups in total. The number of methoxy groups -OCH3 is 2. The second kappa shape index (κ2) is 10.0. The number of hydrogen-bond donors (Lipinski definition) is 0. The van der Waals surface area contributed by atoms with Gasteiger partial charge in [0, 0.05) is 12.1 Å². The van der Waals surface area contributed by atoms with Crippen LogP contribution in [0, 0.1) is 11.6 Å². The number of anilines is 1. The summed E-state index contributed by atoms with van der Waals surface area (Å²) in [6.45, 7) is 2.98. The van der Waals surface area contributed by atoms with Crippen molar-refractivity contribution in [3.05, 3.63) is 53.1 Å². The first kappa shape index (κ1) is 24.2. The van der Waals surface area contributed by atoms with Crippen LogP contribution in [0.25, 0.3) is 0 Å². The molecule has 2 aromatic carbocycles. The molecule has 0 bridgehead atoms. The molecule has 0 spiro atoms. The number of amides is 2. The average Bonchev–Trinajstić information content (AvgIpc) is 2.79. The van der Waals surface area contributed by atoms with Crippen LogP contribution in [0.4, 0.5) is 23.7 Å². The molecule has 7 nitrogen and oxygen atoms in total. The second-order valence-corrected chi connectivity index (χ2v) is 7.58. The normalized spacial score (nSPS) is 17.2. The Morgan fingerprint density at radius 2 is 1.76 bits per heavy atom. The van der Waals surface area contributed by atoms with Gasteiger partial charge in [0.25, 0.3) is 5.91 Å². The summed E-state index contributed by atoms with van der Waals surface area (Å²) < 4.78 is 57.4. The number of benzene rings is 2. The van der Waals surface area contributed by atoms with Gasteiger partial charge in [-0.15, -0.1) is 0 Å². The molecule has 1 heterocycles. The van der Waals surface area contributed by atoms with Crippen LogP contribution in [0.15, 0.2) is 30.3 Å². The molecule has 10 heteroatoms. The Hall–Kier alpha value is -3.43. The van der Waals surface area contributed by atoms with Gasteiger partial charge in [-0.05, 0) is 49.6 Å². The predicted molar refractivity (Wildman–Crippen MR) is 114 cm³/mol. The Morgan fingerprint density at radius 3 is 2.36 bits per heavy atom. The van der Waals surface area contributed by atoms with Gasteiger partial charge < -0.3 is 14.2 Å². The highest BCUT2D eigenvalue weighted by atomic mass is 19.2. The first-order valence-electron chi connectivity index (χ1n) is 10.3. The number of nitrogens with zero attached hydrogens (tertiary/aromatic N) is 2. The van der Waals surface area contributed by atoms with Gasteiger partial charge in [-0.2, -0.15) is 5.12 Å². The van der Waals surface area contributed by atoms with Gasteiger partial charge in [-0.25, -0.2) is 13.6 Å². The summed E-state index contributed by atoms with van der Waals surface area (Å²) in [6.07, 6.45) is -0.499. The average molecular weight is 466 g/mol. The van der Waals surface area contributed by atoms with E-state index in [2.05, 4.69) is 0 Å². The van der Waals surface area contributed by atoms with E-state index in [1.165, 1.54) is 31.3 Å². The Labute approximate surface area is 189 Å². The highest BCUT2D eigenvalue weighted by Gasteiger charge is 2.40. The molecular weight excluding hydrogens is 441 g/mol. The molecule has 0 aromatic heterocycles. The van der Waals surface area contributed by atoms with Crippen LogP contribution in [0.1, 0.15) is 37.3 Å². The van der Waals surface area contributed by atoms with E-state index >= 15 is 0 Å². The Kier molecular flexibility index (Phi) is 7.35. The van der Waals surface area contributed by atoms with E-state index in [1.807, 2.05) is 0 Å². The topological polar surface area (TPSA) is 68.3 Å². The predicted octanol–water partition coefficient (Wildman–Crippen LogP) is 4.73. The maximum atomic E-state index is 14.9. The lowest BCUT2D eigenvalue weighted by Crippen LogP contribution is -2.46. The molecule has 2 aromatic rings. The lowest BCUT2D eigenvalue weighted by atomic mass is 9.85. The summed E-state index contributed by atoms with van der Waals surface area (Å²) in [5.41, 5.74) is 0.787. The summed E-state index contributed by atoms with van der Waals surface area (Å²) in [4.78, 5) is 27.1. The van der Waals surface area contributed by atoms with E-state index in [-0.39, 0.29) is 23.7 Å². The monoisotopic (exact) mass is 466 g/mol. The molecule has 0 aliphatic carbocycles. The summed E-state index contributed by atoms with van der Waals surface area (Å²) in [5.74, 6) is -3.42. The van der Waals surface area contributed by atoms with E-state index < -0.39 is 42.1 Å². The van der Waals surface area contributed by atoms with Crippen molar-refractivity contribution in [1.82, 2.24) is 5.12 Å². The number of fused-ring (bicyclic) bond motifs is 1. The fourth-order valence-electron chi connectivity index (χ4n) is 3.93. The van der Waals surface area contributed by atoms with Gasteiger partial charge in [0.2, 0.25) is 0 Å². The summed E-state index contributed by atoms with van der Waals surface area (Å²) in [6, 6.07) is 5.48. The van der Waals surface area contributed by atoms with Crippen molar-refractivity contribution < 1.29 is 37.1 Å². The van der Waals surface area contributed by atoms with Gasteiger partial charge in [0.1, 0.15) is 0 Å². The summed E-state index contributed by atoms with van der Waals surface area (Å²) in [7, 11) is 2.85. The number of carbonyl (C=O) groups is 2. The molecule has 2 unspecified atom stereocenters. The Bertz CT molecular complexity index is 1050. The van der Waals surface area contributed by atoms with Gasteiger partial charge in [-0.3, -0.25) is 9.69 Å². The molecule has 0 saturated heterocycles. The fraction of sp³-hybridized carbons (Fsp3) is 0.391. The van der Waals surface area contributed by atoms with Crippen LogP contribution in [0.5, 0.6) is 11.5 Å². The molecule has 1 aliphatic rings. The Morgan fingerprint density at radius 1 is 1.09 bits per heavy atom. The van der Waals surface area contributed by atoms with E-state index in [4.69, 9.17) is 14.2 Å². The van der Waals surface area contributed by atoms with E-state index in [0.717, 1.165) is 12.1 Å². The smallest absolute Gasteiger partial charge is 0.414 e. The van der Waals surface area contributed by atoms with Crippen LogP contribution in [-0.2, 0) is 16.1 Å². The Balaban J connectivity index is 1.99. The zero-order chi connectivity index (χ0) is 24.3. The van der Waals surface area contributed by atoms with E-state index in [0.29, 0.717) is 22.7 Å². The molecule has 178 valence electrons. The van der Waals surface area contributed by atoms with Gasteiger partial charge in [0.05, 0.1) is 39.0 Å². The first-order chi connectivity index (χ1) is 15.7. The van der Waals surface area contributed by atoms with Crippen molar-refractivity contribution in [2.45, 2.75) is 38.8 Å². The SMILES string of the molecule is CCOC(=O)N1c2cc(OC)c(OC)cc2C(C(=O)N(F)Cc2ccc(F)c(F)c2)CC1C. The highest BCUT2D eigenvalue weighted by molar-refractivity contribution is 5.95. The van der Waals surface area contributed by atoms with Crippen LogP contribution in [0.2, 0.25) is 0 Å². The minimum atomic E-state index is -1.13. The third kappa shape index (κ3) is 4.84. The fourth-order valence-corrected chi connectivity index (χ4v) is 3.93. The largest absolute Gasteiger partial charge is 0.493 e. The summed E-state index contributed by atoms with van der Waals surface area (Å²) >= 11 is 0. The van der Waals surface area contributed by atoms with Crippen LogP contribution >= 0.6 is 0 Å². The maximum absolute atomic E-state index is 14.9. The molecule has 3 rings (SSSR count). The molecule has 33 heavy (non-hydrogen) atoms. The lowest BCUT2D eigenvalue weighted by molar-refractivity contribution is -0.150. The van der Waals surface area contributed by atoms with Crippen molar-refractivity contribution in [2.24, 2.45) is 0 Å². The number of rotatable bonds is 6. The molecule has 2 amide bonds. The molecule has 1 aliphatic heterocycles. The standard InChI is InChI=1S/C23H25F3N2O5/c1-5-33-23(30)28-13(2)8-16(15-10-20(31-3)21(32-4)11-19(15)28)22(29)27(26)12-14-6-7-17(24)18(25)9-14/h6-7,9-11,13,16H,5,8,12H2,1-4H3. The zero-order valence-corrected chi connectivity index (χ0v) is 18.7. The second-order valence-electron chi connectivity index (χ2n) is 7.58. The van der Waals surface area contributed by atoms with E-state index in [1.54, 1.807) is 19.9 Å². The van der Waals surface area contributed by atoms with Crippen LogP contribution in [-0.4, -0.2) is 44.0 Å².